The summed E-state index contributed by atoms with van der Waals surface area (Å²) < 4.78 is 4.88. The van der Waals surface area contributed by atoms with E-state index in [-0.39, 0.29) is 23.9 Å². The van der Waals surface area contributed by atoms with Gasteiger partial charge in [-0.2, -0.15) is 0 Å². The van der Waals surface area contributed by atoms with E-state index in [2.05, 4.69) is 15.8 Å². The van der Waals surface area contributed by atoms with Crippen molar-refractivity contribution in [2.24, 2.45) is 0 Å². The summed E-state index contributed by atoms with van der Waals surface area (Å²) in [5.74, 6) is 0.866. The summed E-state index contributed by atoms with van der Waals surface area (Å²) in [5.41, 5.74) is -0.251. The van der Waals surface area contributed by atoms with Gasteiger partial charge >= 0.3 is 0 Å². The van der Waals surface area contributed by atoms with Crippen molar-refractivity contribution in [1.29, 1.82) is 0 Å². The molecule has 0 aliphatic heterocycles. The van der Waals surface area contributed by atoms with Crippen LogP contribution >= 0.6 is 0 Å². The van der Waals surface area contributed by atoms with Crippen molar-refractivity contribution in [3.8, 4) is 0 Å². The first-order valence-electron chi connectivity index (χ1n) is 7.46. The molecule has 7 heteroatoms. The van der Waals surface area contributed by atoms with E-state index < -0.39 is 0 Å². The maximum absolute atomic E-state index is 11.9. The smallest absolute Gasteiger partial charge is 0.234 e. The lowest BCUT2D eigenvalue weighted by atomic mass is 10.1. The molecule has 1 rings (SSSR count). The van der Waals surface area contributed by atoms with Gasteiger partial charge in [0.25, 0.3) is 0 Å². The van der Waals surface area contributed by atoms with E-state index in [1.807, 2.05) is 32.6 Å². The molecule has 7 nitrogen and oxygen atoms in total. The molecule has 0 aromatic carbocycles. The number of aryl methyl sites for hydroxylation is 1. The van der Waals surface area contributed by atoms with E-state index in [1.54, 1.807) is 13.0 Å². The molecule has 0 unspecified atom stereocenters. The molecule has 0 bridgehead atoms. The average molecular weight is 310 g/mol. The van der Waals surface area contributed by atoms with Crippen LogP contribution in [0.3, 0.4) is 0 Å². The summed E-state index contributed by atoms with van der Waals surface area (Å²) in [4.78, 5) is 25.7. The Morgan fingerprint density at radius 1 is 1.32 bits per heavy atom. The SMILES string of the molecule is CCN(CCC(=O)Nc1cc(C)on1)CC(=O)NC(C)(C)C. The van der Waals surface area contributed by atoms with Gasteiger partial charge in [-0.25, -0.2) is 0 Å². The number of carbonyl (C=O) groups excluding carboxylic acids is 2. The van der Waals surface area contributed by atoms with Crippen LogP contribution in [-0.2, 0) is 9.59 Å². The van der Waals surface area contributed by atoms with Crippen molar-refractivity contribution < 1.29 is 14.1 Å². The van der Waals surface area contributed by atoms with Crippen LogP contribution in [0.2, 0.25) is 0 Å². The van der Waals surface area contributed by atoms with Gasteiger partial charge in [-0.05, 0) is 34.2 Å². The highest BCUT2D eigenvalue weighted by atomic mass is 16.5. The molecule has 0 fully saturated rings. The minimum absolute atomic E-state index is 0.0399. The highest BCUT2D eigenvalue weighted by Gasteiger charge is 2.16. The van der Waals surface area contributed by atoms with Crippen LogP contribution < -0.4 is 10.6 Å². The van der Waals surface area contributed by atoms with Gasteiger partial charge in [0.2, 0.25) is 11.8 Å². The third-order valence-electron chi connectivity index (χ3n) is 2.88. The monoisotopic (exact) mass is 310 g/mol. The summed E-state index contributed by atoms with van der Waals surface area (Å²) in [6.07, 6.45) is 0.294. The van der Waals surface area contributed by atoms with Crippen LogP contribution in [0.5, 0.6) is 0 Å². The second-order valence-electron chi connectivity index (χ2n) is 6.29. The van der Waals surface area contributed by atoms with Crippen LogP contribution in [0.15, 0.2) is 10.6 Å². The lowest BCUT2D eigenvalue weighted by molar-refractivity contribution is -0.124. The van der Waals surface area contributed by atoms with Gasteiger partial charge in [-0.1, -0.05) is 12.1 Å². The first-order valence-corrected chi connectivity index (χ1v) is 7.46. The predicted molar refractivity (Wildman–Crippen MR) is 84.5 cm³/mol. The van der Waals surface area contributed by atoms with Crippen LogP contribution in [0.1, 0.15) is 39.9 Å². The number of rotatable bonds is 7. The molecular weight excluding hydrogens is 284 g/mol. The number of carbonyl (C=O) groups is 2. The molecule has 2 amide bonds. The predicted octanol–water partition coefficient (Wildman–Crippen LogP) is 1.55. The lowest BCUT2D eigenvalue weighted by Gasteiger charge is -2.24. The molecule has 1 aromatic rings. The summed E-state index contributed by atoms with van der Waals surface area (Å²) in [6, 6.07) is 1.66. The molecule has 0 radical (unpaired) electrons. The molecule has 2 N–H and O–H groups in total. The molecular formula is C15H26N4O3. The van der Waals surface area contributed by atoms with Gasteiger partial charge < -0.3 is 15.2 Å². The average Bonchev–Trinajstić information content (AvgIpc) is 2.77. The number of nitrogens with zero attached hydrogens (tertiary/aromatic N) is 2. The Morgan fingerprint density at radius 3 is 2.50 bits per heavy atom. The lowest BCUT2D eigenvalue weighted by Crippen LogP contribution is -2.46. The summed E-state index contributed by atoms with van der Waals surface area (Å²) >= 11 is 0. The zero-order chi connectivity index (χ0) is 16.8. The summed E-state index contributed by atoms with van der Waals surface area (Å²) in [7, 11) is 0. The second-order valence-corrected chi connectivity index (χ2v) is 6.29. The number of likely N-dealkylation sites (N-methyl/N-ethyl adjacent to an activating group) is 1. The first-order chi connectivity index (χ1) is 10.2. The van der Waals surface area contributed by atoms with Gasteiger partial charge in [0, 0.05) is 24.6 Å². The van der Waals surface area contributed by atoms with E-state index >= 15 is 0 Å². The van der Waals surface area contributed by atoms with Crippen molar-refractivity contribution in [3.63, 3.8) is 0 Å². The topological polar surface area (TPSA) is 87.5 Å². The van der Waals surface area contributed by atoms with E-state index in [9.17, 15) is 9.59 Å². The molecule has 0 aliphatic carbocycles. The van der Waals surface area contributed by atoms with E-state index in [4.69, 9.17) is 4.52 Å². The molecule has 124 valence electrons. The number of hydrogen-bond acceptors (Lipinski definition) is 5. The van der Waals surface area contributed by atoms with Crippen molar-refractivity contribution in [1.82, 2.24) is 15.4 Å². The number of nitrogens with one attached hydrogen (secondary N) is 2. The van der Waals surface area contributed by atoms with Gasteiger partial charge in [0.05, 0.1) is 6.54 Å². The molecule has 0 aliphatic rings. The van der Waals surface area contributed by atoms with Crippen molar-refractivity contribution >= 4 is 17.6 Å². The Bertz CT molecular complexity index is 505. The molecule has 0 saturated heterocycles. The Labute approximate surface area is 131 Å². The summed E-state index contributed by atoms with van der Waals surface area (Å²) in [5, 5.41) is 9.28. The standard InChI is InChI=1S/C15H26N4O3/c1-6-19(10-14(21)17-15(3,4)5)8-7-13(20)16-12-9-11(2)22-18-12/h9H,6-8,10H2,1-5H3,(H,17,21)(H,16,18,20). The zero-order valence-corrected chi connectivity index (χ0v) is 14.0. The number of hydrogen-bond donors (Lipinski definition) is 2. The Kier molecular flexibility index (Phi) is 6.55. The third-order valence-corrected chi connectivity index (χ3v) is 2.88. The largest absolute Gasteiger partial charge is 0.360 e. The number of amides is 2. The highest BCUT2D eigenvalue weighted by Crippen LogP contribution is 2.07. The Hall–Kier alpha value is -1.89. The second kappa shape index (κ2) is 7.93. The van der Waals surface area contributed by atoms with Crippen molar-refractivity contribution in [3.05, 3.63) is 11.8 Å². The van der Waals surface area contributed by atoms with Crippen molar-refractivity contribution in [2.45, 2.75) is 46.6 Å². The Balaban J connectivity index is 2.36. The van der Waals surface area contributed by atoms with E-state index in [0.717, 1.165) is 0 Å². The van der Waals surface area contributed by atoms with Gasteiger partial charge in [0.1, 0.15) is 5.76 Å². The number of anilines is 1. The number of aromatic nitrogens is 1. The molecule has 0 spiro atoms. The minimum atomic E-state index is -0.251. The zero-order valence-electron chi connectivity index (χ0n) is 14.0. The highest BCUT2D eigenvalue weighted by molar-refractivity contribution is 5.89. The fourth-order valence-corrected chi connectivity index (χ4v) is 1.90. The van der Waals surface area contributed by atoms with Crippen LogP contribution in [0.4, 0.5) is 5.82 Å². The molecule has 0 atom stereocenters. The van der Waals surface area contributed by atoms with E-state index in [0.29, 0.717) is 31.1 Å². The van der Waals surface area contributed by atoms with Crippen LogP contribution in [0.25, 0.3) is 0 Å². The summed E-state index contributed by atoms with van der Waals surface area (Å²) in [6.45, 7) is 11.0. The van der Waals surface area contributed by atoms with Crippen LogP contribution in [-0.4, -0.2) is 47.0 Å². The van der Waals surface area contributed by atoms with E-state index in [1.165, 1.54) is 0 Å². The maximum atomic E-state index is 11.9. The van der Waals surface area contributed by atoms with Gasteiger partial charge in [0.15, 0.2) is 5.82 Å². The first kappa shape index (κ1) is 18.2. The quantitative estimate of drug-likeness (QED) is 0.798. The normalized spacial score (nSPS) is 11.5. The van der Waals surface area contributed by atoms with Gasteiger partial charge in [-0.3, -0.25) is 14.5 Å². The fourth-order valence-electron chi connectivity index (χ4n) is 1.90. The Morgan fingerprint density at radius 2 is 2.00 bits per heavy atom. The molecule has 22 heavy (non-hydrogen) atoms. The van der Waals surface area contributed by atoms with Crippen molar-refractivity contribution in [2.75, 3.05) is 25.0 Å². The third kappa shape index (κ3) is 7.21. The van der Waals surface area contributed by atoms with Crippen LogP contribution in [0, 0.1) is 6.92 Å². The molecule has 0 saturated carbocycles. The molecule has 1 heterocycles. The fraction of sp³-hybridized carbons (Fsp3) is 0.667. The minimum Gasteiger partial charge on any atom is -0.360 e. The van der Waals surface area contributed by atoms with Gasteiger partial charge in [-0.15, -0.1) is 0 Å². The maximum Gasteiger partial charge on any atom is 0.234 e. The molecule has 1 aromatic heterocycles.